The summed E-state index contributed by atoms with van der Waals surface area (Å²) in [4.78, 5) is 31.1. The highest BCUT2D eigenvalue weighted by molar-refractivity contribution is 7.13. The van der Waals surface area contributed by atoms with Gasteiger partial charge in [0.2, 0.25) is 5.91 Å². The van der Waals surface area contributed by atoms with Crippen molar-refractivity contribution in [3.63, 3.8) is 0 Å². The second kappa shape index (κ2) is 14.8. The average Bonchev–Trinajstić information content (AvgIpc) is 3.56. The number of esters is 1. The van der Waals surface area contributed by atoms with Crippen molar-refractivity contribution in [3.8, 4) is 0 Å². The molecule has 0 spiro atoms. The maximum atomic E-state index is 12.7. The molecule has 0 aliphatic carbocycles. The minimum absolute atomic E-state index is 0.171. The quantitative estimate of drug-likeness (QED) is 0.255. The third kappa shape index (κ3) is 8.12. The molecule has 8 heteroatoms. The predicted molar refractivity (Wildman–Crippen MR) is 151 cm³/mol. The van der Waals surface area contributed by atoms with Crippen LogP contribution >= 0.6 is 11.3 Å². The number of amides is 1. The van der Waals surface area contributed by atoms with Gasteiger partial charge in [-0.2, -0.15) is 0 Å². The maximum Gasteiger partial charge on any atom is 0.348 e. The number of unbranched alkanes of at least 4 members (excludes halogenated alkanes) is 2. The van der Waals surface area contributed by atoms with Crippen molar-refractivity contribution in [3.05, 3.63) is 51.7 Å². The summed E-state index contributed by atoms with van der Waals surface area (Å²) in [6, 6.07) is 11.9. The lowest BCUT2D eigenvalue weighted by Gasteiger charge is -2.26. The van der Waals surface area contributed by atoms with Gasteiger partial charge >= 0.3 is 5.97 Å². The van der Waals surface area contributed by atoms with Crippen LogP contribution in [0.15, 0.2) is 36.4 Å². The van der Waals surface area contributed by atoms with Crippen molar-refractivity contribution in [2.45, 2.75) is 76.9 Å². The van der Waals surface area contributed by atoms with Crippen LogP contribution in [-0.2, 0) is 20.7 Å². The summed E-state index contributed by atoms with van der Waals surface area (Å²) >= 11 is 1.51. The fourth-order valence-corrected chi connectivity index (χ4v) is 6.22. The van der Waals surface area contributed by atoms with Gasteiger partial charge in [0.25, 0.3) is 0 Å². The second-order valence-corrected chi connectivity index (χ2v) is 11.5. The van der Waals surface area contributed by atoms with E-state index in [0.29, 0.717) is 17.9 Å². The molecule has 2 aliphatic heterocycles. The Morgan fingerprint density at radius 2 is 1.92 bits per heavy atom. The summed E-state index contributed by atoms with van der Waals surface area (Å²) in [5, 5.41) is 10.4. The molecule has 38 heavy (non-hydrogen) atoms. The molecule has 0 radical (unpaired) electrons. The standard InChI is InChI=1S/C30H42N2O5S/c1-2-3-4-8-27(33)23-9-11-25(12-10-23)32-24(13-16-29(32)34)6-5-7-26-14-15-28(38-26)30(35)37-22-19-31-17-20-36-21-18-31/h9-12,14-15,24,27,33H,2-8,13,16-22H2,1H3/t24-,27?/m1/s1. The zero-order valence-electron chi connectivity index (χ0n) is 22.6. The van der Waals surface area contributed by atoms with Gasteiger partial charge in [0.15, 0.2) is 0 Å². The summed E-state index contributed by atoms with van der Waals surface area (Å²) < 4.78 is 10.8. The van der Waals surface area contributed by atoms with Gasteiger partial charge in [0.05, 0.1) is 19.3 Å². The van der Waals surface area contributed by atoms with Crippen molar-refractivity contribution in [2.24, 2.45) is 0 Å². The highest BCUT2D eigenvalue weighted by Gasteiger charge is 2.31. The molecule has 2 saturated heterocycles. The lowest BCUT2D eigenvalue weighted by atomic mass is 10.0. The summed E-state index contributed by atoms with van der Waals surface area (Å²) in [6.45, 7) is 6.56. The molecule has 1 N–H and O–H groups in total. The van der Waals surface area contributed by atoms with Crippen LogP contribution in [0.25, 0.3) is 0 Å². The third-order valence-corrected chi connectivity index (χ3v) is 8.66. The van der Waals surface area contributed by atoms with E-state index in [1.165, 1.54) is 16.2 Å². The number of anilines is 1. The molecule has 4 rings (SSSR count). The largest absolute Gasteiger partial charge is 0.460 e. The number of hydrogen-bond donors (Lipinski definition) is 1. The second-order valence-electron chi connectivity index (χ2n) is 10.3. The molecule has 2 atom stereocenters. The van der Waals surface area contributed by atoms with Crippen LogP contribution in [0, 0.1) is 0 Å². The number of aliphatic hydroxyl groups excluding tert-OH is 1. The van der Waals surface area contributed by atoms with Gasteiger partial charge in [-0.25, -0.2) is 4.79 Å². The van der Waals surface area contributed by atoms with Crippen molar-refractivity contribution < 1.29 is 24.2 Å². The van der Waals surface area contributed by atoms with Crippen LogP contribution < -0.4 is 4.90 Å². The fourth-order valence-electron chi connectivity index (χ4n) is 5.28. The number of rotatable bonds is 14. The number of benzene rings is 1. The topological polar surface area (TPSA) is 79.3 Å². The summed E-state index contributed by atoms with van der Waals surface area (Å²) in [7, 11) is 0. The van der Waals surface area contributed by atoms with Crippen molar-refractivity contribution >= 4 is 28.9 Å². The Balaban J connectivity index is 1.22. The van der Waals surface area contributed by atoms with Gasteiger partial charge in [0, 0.05) is 42.7 Å². The normalized spacial score (nSPS) is 19.2. The van der Waals surface area contributed by atoms with E-state index >= 15 is 0 Å². The molecule has 1 unspecified atom stereocenters. The number of nitrogens with zero attached hydrogens (tertiary/aromatic N) is 2. The molecule has 2 aromatic rings. The molecule has 0 saturated carbocycles. The summed E-state index contributed by atoms with van der Waals surface area (Å²) in [5.74, 6) is -0.0783. The summed E-state index contributed by atoms with van der Waals surface area (Å²) in [6.07, 6.45) is 7.82. The smallest absolute Gasteiger partial charge is 0.348 e. The highest BCUT2D eigenvalue weighted by Crippen LogP contribution is 2.31. The first-order chi connectivity index (χ1) is 18.5. The molecule has 3 heterocycles. The molecular weight excluding hydrogens is 500 g/mol. The van der Waals surface area contributed by atoms with Crippen molar-refractivity contribution in [1.29, 1.82) is 0 Å². The zero-order chi connectivity index (χ0) is 26.7. The SMILES string of the molecule is CCCCCC(O)c1ccc(N2C(=O)CC[C@H]2CCCc2ccc(C(=O)OCCN3CCOCC3)s2)cc1. The molecule has 1 aromatic carbocycles. The van der Waals surface area contributed by atoms with Gasteiger partial charge in [-0.05, 0) is 61.9 Å². The Hall–Kier alpha value is -2.26. The molecule has 208 valence electrons. The number of aryl methyl sites for hydroxylation is 1. The predicted octanol–water partition coefficient (Wildman–Crippen LogP) is 5.37. The van der Waals surface area contributed by atoms with Gasteiger partial charge in [0.1, 0.15) is 11.5 Å². The number of carbonyl (C=O) groups is 2. The minimum Gasteiger partial charge on any atom is -0.460 e. The Bertz CT molecular complexity index is 1020. The monoisotopic (exact) mass is 542 g/mol. The van der Waals surface area contributed by atoms with E-state index in [1.807, 2.05) is 41.3 Å². The number of thiophene rings is 1. The number of carbonyl (C=O) groups excluding carboxylic acids is 2. The number of hydrogen-bond acceptors (Lipinski definition) is 7. The lowest BCUT2D eigenvalue weighted by Crippen LogP contribution is -2.38. The molecule has 1 amide bonds. The molecule has 0 bridgehead atoms. The van der Waals surface area contributed by atoms with E-state index < -0.39 is 6.10 Å². The molecular formula is C30H42N2O5S. The first-order valence-corrected chi connectivity index (χ1v) is 15.0. The number of morpholine rings is 1. The van der Waals surface area contributed by atoms with E-state index in [2.05, 4.69) is 11.8 Å². The molecule has 1 aromatic heterocycles. The lowest BCUT2D eigenvalue weighted by molar-refractivity contribution is -0.117. The summed E-state index contributed by atoms with van der Waals surface area (Å²) in [5.41, 5.74) is 1.83. The van der Waals surface area contributed by atoms with Crippen LogP contribution in [0.3, 0.4) is 0 Å². The van der Waals surface area contributed by atoms with E-state index in [0.717, 1.165) is 95.5 Å². The van der Waals surface area contributed by atoms with Crippen LogP contribution in [0.1, 0.15) is 84.5 Å². The zero-order valence-corrected chi connectivity index (χ0v) is 23.4. The van der Waals surface area contributed by atoms with Crippen LogP contribution in [0.2, 0.25) is 0 Å². The Kier molecular flexibility index (Phi) is 11.2. The average molecular weight is 543 g/mol. The highest BCUT2D eigenvalue weighted by atomic mass is 32.1. The van der Waals surface area contributed by atoms with E-state index in [4.69, 9.17) is 9.47 Å². The first-order valence-electron chi connectivity index (χ1n) is 14.2. The first kappa shape index (κ1) is 28.7. The Labute approximate surface area is 230 Å². The number of ether oxygens (including phenoxy) is 2. The van der Waals surface area contributed by atoms with Crippen molar-refractivity contribution in [1.82, 2.24) is 4.90 Å². The van der Waals surface area contributed by atoms with Crippen LogP contribution in [0.5, 0.6) is 0 Å². The van der Waals surface area contributed by atoms with Gasteiger partial charge in [-0.1, -0.05) is 38.3 Å². The maximum absolute atomic E-state index is 12.7. The van der Waals surface area contributed by atoms with E-state index in [9.17, 15) is 14.7 Å². The Morgan fingerprint density at radius 1 is 1.13 bits per heavy atom. The van der Waals surface area contributed by atoms with Crippen LogP contribution in [-0.4, -0.2) is 67.4 Å². The molecule has 2 aliphatic rings. The van der Waals surface area contributed by atoms with Crippen molar-refractivity contribution in [2.75, 3.05) is 44.4 Å². The third-order valence-electron chi connectivity index (χ3n) is 7.53. The molecule has 7 nitrogen and oxygen atoms in total. The molecule has 2 fully saturated rings. The van der Waals surface area contributed by atoms with Gasteiger partial charge in [-0.15, -0.1) is 11.3 Å². The number of aliphatic hydroxyl groups is 1. The minimum atomic E-state index is -0.446. The van der Waals surface area contributed by atoms with Gasteiger partial charge < -0.3 is 19.5 Å². The fraction of sp³-hybridized carbons (Fsp3) is 0.600. The van der Waals surface area contributed by atoms with E-state index in [-0.39, 0.29) is 17.9 Å². The van der Waals surface area contributed by atoms with E-state index in [1.54, 1.807) is 0 Å². The van der Waals surface area contributed by atoms with Gasteiger partial charge in [-0.3, -0.25) is 9.69 Å². The van der Waals surface area contributed by atoms with Crippen LogP contribution in [0.4, 0.5) is 5.69 Å². The Morgan fingerprint density at radius 3 is 2.68 bits per heavy atom.